The van der Waals surface area contributed by atoms with Gasteiger partial charge in [-0.05, 0) is 25.5 Å². The molecule has 2 N–H and O–H groups in total. The highest BCUT2D eigenvalue weighted by molar-refractivity contribution is 5.27. The molecule has 0 spiro atoms. The molecule has 1 aromatic rings. The van der Waals surface area contributed by atoms with Crippen molar-refractivity contribution in [1.82, 2.24) is 0 Å². The Kier molecular flexibility index (Phi) is 2.43. The molecular formula is C9H11F2N. The number of hydrogen-bond acceptors (Lipinski definition) is 1. The summed E-state index contributed by atoms with van der Waals surface area (Å²) in [6.45, 7) is 3.25. The van der Waals surface area contributed by atoms with Crippen molar-refractivity contribution < 1.29 is 8.78 Å². The summed E-state index contributed by atoms with van der Waals surface area (Å²) in [6, 6.07) is 1.91. The number of aryl methyl sites for hydroxylation is 1. The predicted octanol–water partition coefficient (Wildman–Crippen LogP) is 2.29. The van der Waals surface area contributed by atoms with Crippen molar-refractivity contribution in [1.29, 1.82) is 0 Å². The molecule has 3 heteroatoms. The Morgan fingerprint density at radius 3 is 2.33 bits per heavy atom. The van der Waals surface area contributed by atoms with Crippen molar-refractivity contribution in [2.24, 2.45) is 5.73 Å². The molecule has 1 aromatic carbocycles. The van der Waals surface area contributed by atoms with Crippen LogP contribution in [-0.4, -0.2) is 0 Å². The molecule has 0 heterocycles. The molecule has 0 saturated carbocycles. The van der Waals surface area contributed by atoms with Crippen LogP contribution in [0.2, 0.25) is 0 Å². The largest absolute Gasteiger partial charge is 0.324 e. The molecule has 0 unspecified atom stereocenters. The molecule has 1 rings (SSSR count). The topological polar surface area (TPSA) is 26.0 Å². The van der Waals surface area contributed by atoms with E-state index < -0.39 is 17.7 Å². The standard InChI is InChI=1S/C9H11F2N/c1-5-3-7(6(2)12)9(11)4-8(5)10/h3-4,6H,12H2,1-2H3/t6-/m0/s1. The minimum Gasteiger partial charge on any atom is -0.324 e. The van der Waals surface area contributed by atoms with Gasteiger partial charge in [-0.1, -0.05) is 0 Å². The van der Waals surface area contributed by atoms with Crippen LogP contribution in [-0.2, 0) is 0 Å². The Bertz CT molecular complexity index is 295. The van der Waals surface area contributed by atoms with E-state index in [1.165, 1.54) is 6.07 Å². The molecule has 0 aromatic heterocycles. The van der Waals surface area contributed by atoms with Crippen molar-refractivity contribution in [3.05, 3.63) is 34.9 Å². The second kappa shape index (κ2) is 3.19. The van der Waals surface area contributed by atoms with Crippen LogP contribution in [0.4, 0.5) is 8.78 Å². The fourth-order valence-electron chi connectivity index (χ4n) is 1.03. The van der Waals surface area contributed by atoms with Gasteiger partial charge in [-0.15, -0.1) is 0 Å². The van der Waals surface area contributed by atoms with Gasteiger partial charge in [0.15, 0.2) is 0 Å². The van der Waals surface area contributed by atoms with E-state index in [1.807, 2.05) is 0 Å². The third-order valence-corrected chi connectivity index (χ3v) is 1.77. The zero-order valence-electron chi connectivity index (χ0n) is 7.07. The van der Waals surface area contributed by atoms with Gasteiger partial charge in [0.1, 0.15) is 11.6 Å². The van der Waals surface area contributed by atoms with Crippen LogP contribution in [0.25, 0.3) is 0 Å². The first-order valence-electron chi connectivity index (χ1n) is 3.73. The fraction of sp³-hybridized carbons (Fsp3) is 0.333. The number of benzene rings is 1. The maximum atomic E-state index is 13.0. The summed E-state index contributed by atoms with van der Waals surface area (Å²) >= 11 is 0. The molecular weight excluding hydrogens is 160 g/mol. The van der Waals surface area contributed by atoms with Gasteiger partial charge < -0.3 is 5.73 Å². The highest BCUT2D eigenvalue weighted by atomic mass is 19.1. The maximum absolute atomic E-state index is 13.0. The monoisotopic (exact) mass is 171 g/mol. The molecule has 0 fully saturated rings. The number of hydrogen-bond donors (Lipinski definition) is 1. The second-order valence-corrected chi connectivity index (χ2v) is 2.91. The van der Waals surface area contributed by atoms with Gasteiger partial charge in [-0.25, -0.2) is 8.78 Å². The third-order valence-electron chi connectivity index (χ3n) is 1.77. The van der Waals surface area contributed by atoms with E-state index in [2.05, 4.69) is 0 Å². The number of halogens is 2. The molecule has 0 aliphatic heterocycles. The normalized spacial score (nSPS) is 13.1. The minimum atomic E-state index is -0.576. The van der Waals surface area contributed by atoms with Crippen molar-refractivity contribution in [3.8, 4) is 0 Å². The Hall–Kier alpha value is -0.960. The molecule has 66 valence electrons. The van der Waals surface area contributed by atoms with Crippen LogP contribution in [0, 0.1) is 18.6 Å². The lowest BCUT2D eigenvalue weighted by Crippen LogP contribution is -2.08. The molecule has 0 bridgehead atoms. The van der Waals surface area contributed by atoms with E-state index in [1.54, 1.807) is 13.8 Å². The van der Waals surface area contributed by atoms with Crippen LogP contribution >= 0.6 is 0 Å². The lowest BCUT2D eigenvalue weighted by Gasteiger charge is -2.08. The summed E-state index contributed by atoms with van der Waals surface area (Å²) in [5.41, 5.74) is 6.25. The Balaban J connectivity index is 3.23. The summed E-state index contributed by atoms with van der Waals surface area (Å²) in [4.78, 5) is 0. The molecule has 1 nitrogen and oxygen atoms in total. The van der Waals surface area contributed by atoms with E-state index in [9.17, 15) is 8.78 Å². The lowest BCUT2D eigenvalue weighted by atomic mass is 10.1. The second-order valence-electron chi connectivity index (χ2n) is 2.91. The number of nitrogens with two attached hydrogens (primary N) is 1. The zero-order chi connectivity index (χ0) is 9.30. The van der Waals surface area contributed by atoms with Gasteiger partial charge in [0, 0.05) is 17.7 Å². The van der Waals surface area contributed by atoms with Gasteiger partial charge in [0.25, 0.3) is 0 Å². The molecule has 0 radical (unpaired) electrons. The molecule has 12 heavy (non-hydrogen) atoms. The summed E-state index contributed by atoms with van der Waals surface area (Å²) in [6.07, 6.45) is 0. The third kappa shape index (κ3) is 1.61. The maximum Gasteiger partial charge on any atom is 0.130 e. The van der Waals surface area contributed by atoms with Gasteiger partial charge >= 0.3 is 0 Å². The molecule has 1 atom stereocenters. The molecule has 0 amide bonds. The number of rotatable bonds is 1. The first kappa shape index (κ1) is 9.13. The summed E-state index contributed by atoms with van der Waals surface area (Å²) in [5.74, 6) is -1.11. The highest BCUT2D eigenvalue weighted by Crippen LogP contribution is 2.18. The van der Waals surface area contributed by atoms with Crippen LogP contribution in [0.1, 0.15) is 24.1 Å². The van der Waals surface area contributed by atoms with E-state index in [0.717, 1.165) is 6.07 Å². The predicted molar refractivity (Wildman–Crippen MR) is 43.7 cm³/mol. The van der Waals surface area contributed by atoms with Gasteiger partial charge in [-0.2, -0.15) is 0 Å². The summed E-state index contributed by atoms with van der Waals surface area (Å²) < 4.78 is 25.7. The Labute approximate surface area is 70.2 Å². The van der Waals surface area contributed by atoms with Crippen LogP contribution < -0.4 is 5.73 Å². The summed E-state index contributed by atoms with van der Waals surface area (Å²) in [7, 11) is 0. The van der Waals surface area contributed by atoms with E-state index >= 15 is 0 Å². The Morgan fingerprint density at radius 1 is 1.25 bits per heavy atom. The van der Waals surface area contributed by atoms with Crippen LogP contribution in [0.3, 0.4) is 0 Å². The average molecular weight is 171 g/mol. The fourth-order valence-corrected chi connectivity index (χ4v) is 1.03. The van der Waals surface area contributed by atoms with Crippen LogP contribution in [0.15, 0.2) is 12.1 Å². The summed E-state index contributed by atoms with van der Waals surface area (Å²) in [5, 5.41) is 0. The van der Waals surface area contributed by atoms with E-state index in [0.29, 0.717) is 11.1 Å². The molecule has 0 saturated heterocycles. The minimum absolute atomic E-state index is 0.355. The average Bonchev–Trinajstić information content (AvgIpc) is 1.96. The van der Waals surface area contributed by atoms with Crippen molar-refractivity contribution in [2.75, 3.05) is 0 Å². The zero-order valence-corrected chi connectivity index (χ0v) is 7.07. The first-order valence-corrected chi connectivity index (χ1v) is 3.73. The Morgan fingerprint density at radius 2 is 1.83 bits per heavy atom. The molecule has 0 aliphatic rings. The van der Waals surface area contributed by atoms with Crippen molar-refractivity contribution >= 4 is 0 Å². The van der Waals surface area contributed by atoms with Crippen molar-refractivity contribution in [3.63, 3.8) is 0 Å². The van der Waals surface area contributed by atoms with Gasteiger partial charge in [-0.3, -0.25) is 0 Å². The van der Waals surface area contributed by atoms with Gasteiger partial charge in [0.2, 0.25) is 0 Å². The van der Waals surface area contributed by atoms with Crippen LogP contribution in [0.5, 0.6) is 0 Å². The SMILES string of the molecule is Cc1cc([C@H](C)N)c(F)cc1F. The first-order chi connectivity index (χ1) is 5.52. The lowest BCUT2D eigenvalue weighted by molar-refractivity contribution is 0.557. The highest BCUT2D eigenvalue weighted by Gasteiger charge is 2.09. The van der Waals surface area contributed by atoms with E-state index in [4.69, 9.17) is 5.73 Å². The quantitative estimate of drug-likeness (QED) is 0.689. The van der Waals surface area contributed by atoms with Gasteiger partial charge in [0.05, 0.1) is 0 Å². The van der Waals surface area contributed by atoms with E-state index in [-0.39, 0.29) is 0 Å². The molecule has 0 aliphatic carbocycles. The van der Waals surface area contributed by atoms with Crippen molar-refractivity contribution in [2.45, 2.75) is 19.9 Å². The smallest absolute Gasteiger partial charge is 0.130 e.